The number of carboxylic acids is 1. The summed E-state index contributed by atoms with van der Waals surface area (Å²) in [6.07, 6.45) is 7.99. The number of amides is 2. The summed E-state index contributed by atoms with van der Waals surface area (Å²) in [5, 5.41) is 12.4. The Bertz CT molecular complexity index is 366. The second-order valence-corrected chi connectivity index (χ2v) is 6.12. The molecule has 20 heavy (non-hydrogen) atoms. The van der Waals surface area contributed by atoms with E-state index in [9.17, 15) is 14.7 Å². The van der Waals surface area contributed by atoms with Crippen LogP contribution >= 0.6 is 0 Å². The van der Waals surface area contributed by atoms with E-state index in [0.29, 0.717) is 25.9 Å². The minimum absolute atomic E-state index is 0.204. The lowest BCUT2D eigenvalue weighted by Gasteiger charge is -2.33. The van der Waals surface area contributed by atoms with Crippen LogP contribution in [0.15, 0.2) is 0 Å². The fourth-order valence-electron chi connectivity index (χ4n) is 3.69. The lowest BCUT2D eigenvalue weighted by molar-refractivity contribution is -0.148. The zero-order valence-corrected chi connectivity index (χ0v) is 12.4. The fraction of sp³-hybridized carbons (Fsp3) is 0.867. The highest BCUT2D eigenvalue weighted by Gasteiger charge is 2.48. The molecule has 114 valence electrons. The van der Waals surface area contributed by atoms with Crippen LogP contribution in [-0.2, 0) is 4.79 Å². The maximum absolute atomic E-state index is 12.2. The zero-order chi connectivity index (χ0) is 14.6. The van der Waals surface area contributed by atoms with Crippen LogP contribution in [0.5, 0.6) is 0 Å². The molecule has 2 aliphatic rings. The molecule has 0 aromatic heterocycles. The van der Waals surface area contributed by atoms with Gasteiger partial charge in [-0.05, 0) is 31.6 Å². The first kappa shape index (κ1) is 15.1. The van der Waals surface area contributed by atoms with Gasteiger partial charge in [-0.2, -0.15) is 0 Å². The molecule has 1 atom stereocenters. The molecule has 0 radical (unpaired) electrons. The highest BCUT2D eigenvalue weighted by molar-refractivity contribution is 5.87. The molecule has 0 aromatic rings. The smallest absolute Gasteiger partial charge is 0.329 e. The van der Waals surface area contributed by atoms with Gasteiger partial charge < -0.3 is 15.3 Å². The van der Waals surface area contributed by atoms with Crippen LogP contribution in [0.25, 0.3) is 0 Å². The van der Waals surface area contributed by atoms with Crippen molar-refractivity contribution in [3.63, 3.8) is 0 Å². The summed E-state index contributed by atoms with van der Waals surface area (Å²) < 4.78 is 0. The predicted octanol–water partition coefficient (Wildman–Crippen LogP) is 2.61. The largest absolute Gasteiger partial charge is 0.479 e. The van der Waals surface area contributed by atoms with Crippen molar-refractivity contribution in [1.82, 2.24) is 10.2 Å². The molecule has 0 aromatic carbocycles. The summed E-state index contributed by atoms with van der Waals surface area (Å²) >= 11 is 0. The van der Waals surface area contributed by atoms with Crippen molar-refractivity contribution in [2.75, 3.05) is 13.1 Å². The van der Waals surface area contributed by atoms with Crippen molar-refractivity contribution in [2.45, 2.75) is 63.8 Å². The molecular formula is C15H26N2O3. The number of carbonyl (C=O) groups is 2. The van der Waals surface area contributed by atoms with Gasteiger partial charge in [0, 0.05) is 13.1 Å². The molecule has 1 heterocycles. The minimum atomic E-state index is -0.989. The van der Waals surface area contributed by atoms with Crippen molar-refractivity contribution >= 4 is 12.0 Å². The van der Waals surface area contributed by atoms with Crippen LogP contribution < -0.4 is 5.32 Å². The Morgan fingerprint density at radius 2 is 2.00 bits per heavy atom. The van der Waals surface area contributed by atoms with Gasteiger partial charge in [0.2, 0.25) is 0 Å². The van der Waals surface area contributed by atoms with E-state index >= 15 is 0 Å². The van der Waals surface area contributed by atoms with Crippen LogP contribution in [0.3, 0.4) is 0 Å². The van der Waals surface area contributed by atoms with E-state index in [1.165, 1.54) is 30.6 Å². The number of rotatable bonds is 5. The summed E-state index contributed by atoms with van der Waals surface area (Å²) in [5.41, 5.74) is -0.989. The zero-order valence-electron chi connectivity index (χ0n) is 12.4. The third-order valence-electron chi connectivity index (χ3n) is 5.02. The SMILES string of the molecule is CCC1(C(=O)O)CCCN1C(=O)NCCC1CCCC1. The number of nitrogens with one attached hydrogen (secondary N) is 1. The summed E-state index contributed by atoms with van der Waals surface area (Å²) in [5.74, 6) is -0.132. The first-order valence-corrected chi connectivity index (χ1v) is 7.89. The van der Waals surface area contributed by atoms with E-state index in [-0.39, 0.29) is 6.03 Å². The second-order valence-electron chi connectivity index (χ2n) is 6.12. The first-order valence-electron chi connectivity index (χ1n) is 7.89. The van der Waals surface area contributed by atoms with Gasteiger partial charge in [-0.1, -0.05) is 32.6 Å². The Balaban J connectivity index is 1.85. The number of carbonyl (C=O) groups excluding carboxylic acids is 1. The molecule has 1 saturated heterocycles. The number of hydrogen-bond donors (Lipinski definition) is 2. The van der Waals surface area contributed by atoms with Gasteiger partial charge in [0.25, 0.3) is 0 Å². The average molecular weight is 282 g/mol. The van der Waals surface area contributed by atoms with Crippen molar-refractivity contribution in [2.24, 2.45) is 5.92 Å². The summed E-state index contributed by atoms with van der Waals surface area (Å²) in [6, 6.07) is -0.204. The van der Waals surface area contributed by atoms with Crippen LogP contribution in [0.2, 0.25) is 0 Å². The van der Waals surface area contributed by atoms with Gasteiger partial charge in [-0.15, -0.1) is 0 Å². The Kier molecular flexibility index (Phi) is 4.89. The van der Waals surface area contributed by atoms with Gasteiger partial charge in [0.05, 0.1) is 0 Å². The minimum Gasteiger partial charge on any atom is -0.479 e. The number of hydrogen-bond acceptors (Lipinski definition) is 2. The number of aliphatic carboxylic acids is 1. The second kappa shape index (κ2) is 6.46. The highest BCUT2D eigenvalue weighted by atomic mass is 16.4. The van der Waals surface area contributed by atoms with Crippen molar-refractivity contribution < 1.29 is 14.7 Å². The molecule has 2 amide bonds. The van der Waals surface area contributed by atoms with E-state index in [1.807, 2.05) is 6.92 Å². The molecule has 0 spiro atoms. The fourth-order valence-corrected chi connectivity index (χ4v) is 3.69. The number of urea groups is 1. The maximum Gasteiger partial charge on any atom is 0.329 e. The van der Waals surface area contributed by atoms with Crippen molar-refractivity contribution in [3.8, 4) is 0 Å². The quantitative estimate of drug-likeness (QED) is 0.814. The monoisotopic (exact) mass is 282 g/mol. The molecule has 5 nitrogen and oxygen atoms in total. The van der Waals surface area contributed by atoms with E-state index in [2.05, 4.69) is 5.32 Å². The first-order chi connectivity index (χ1) is 9.60. The Morgan fingerprint density at radius 3 is 2.60 bits per heavy atom. The van der Waals surface area contributed by atoms with Crippen molar-refractivity contribution in [1.29, 1.82) is 0 Å². The molecule has 2 rings (SSSR count). The topological polar surface area (TPSA) is 69.6 Å². The Morgan fingerprint density at radius 1 is 1.30 bits per heavy atom. The number of carboxylic acid groups (broad SMARTS) is 1. The molecule has 0 bridgehead atoms. The molecular weight excluding hydrogens is 256 g/mol. The molecule has 1 unspecified atom stereocenters. The van der Waals surface area contributed by atoms with E-state index < -0.39 is 11.5 Å². The molecule has 2 fully saturated rings. The predicted molar refractivity (Wildman–Crippen MR) is 76.6 cm³/mol. The molecule has 1 saturated carbocycles. The van der Waals surface area contributed by atoms with Gasteiger partial charge in [0.1, 0.15) is 5.54 Å². The normalized spacial score (nSPS) is 26.9. The Hall–Kier alpha value is -1.26. The van der Waals surface area contributed by atoms with Crippen molar-refractivity contribution in [3.05, 3.63) is 0 Å². The summed E-state index contributed by atoms with van der Waals surface area (Å²) in [4.78, 5) is 25.3. The standard InChI is InChI=1S/C15H26N2O3/c1-2-15(13(18)19)9-5-11-17(15)14(20)16-10-8-12-6-3-4-7-12/h12H,2-11H2,1H3,(H,16,20)(H,18,19). The molecule has 1 aliphatic carbocycles. The molecule has 2 N–H and O–H groups in total. The summed E-state index contributed by atoms with van der Waals surface area (Å²) in [7, 11) is 0. The lowest BCUT2D eigenvalue weighted by atomic mass is 9.93. The van der Waals surface area contributed by atoms with Gasteiger partial charge in [-0.3, -0.25) is 0 Å². The Labute approximate surface area is 120 Å². The van der Waals surface area contributed by atoms with Crippen LogP contribution in [0, 0.1) is 5.92 Å². The van der Waals surface area contributed by atoms with E-state index in [1.54, 1.807) is 0 Å². The average Bonchev–Trinajstić information content (AvgIpc) is 3.07. The molecule has 5 heteroatoms. The maximum atomic E-state index is 12.2. The van der Waals surface area contributed by atoms with E-state index in [4.69, 9.17) is 0 Å². The van der Waals surface area contributed by atoms with Gasteiger partial charge >= 0.3 is 12.0 Å². The third kappa shape index (κ3) is 2.91. The van der Waals surface area contributed by atoms with Gasteiger partial charge in [0.15, 0.2) is 0 Å². The van der Waals surface area contributed by atoms with E-state index in [0.717, 1.165) is 18.8 Å². The molecule has 1 aliphatic heterocycles. The lowest BCUT2D eigenvalue weighted by Crippen LogP contribution is -2.55. The third-order valence-corrected chi connectivity index (χ3v) is 5.02. The number of nitrogens with zero attached hydrogens (tertiary/aromatic N) is 1. The highest BCUT2D eigenvalue weighted by Crippen LogP contribution is 2.33. The van der Waals surface area contributed by atoms with Gasteiger partial charge in [-0.25, -0.2) is 9.59 Å². The number of likely N-dealkylation sites (tertiary alicyclic amines) is 1. The van der Waals surface area contributed by atoms with Crippen LogP contribution in [0.4, 0.5) is 4.79 Å². The van der Waals surface area contributed by atoms with Crippen LogP contribution in [0.1, 0.15) is 58.3 Å². The van der Waals surface area contributed by atoms with Crippen LogP contribution in [-0.4, -0.2) is 40.6 Å². The summed E-state index contributed by atoms with van der Waals surface area (Å²) in [6.45, 7) is 3.06.